The summed E-state index contributed by atoms with van der Waals surface area (Å²) in [7, 11) is 3.85. The second-order valence-corrected chi connectivity index (χ2v) is 12.2. The molecule has 232 valence electrons. The lowest BCUT2D eigenvalue weighted by atomic mass is 9.96. The SMILES string of the molecule is C=CC(=O)N1C[C@H](C)N(c2nc(OC[C@H]3COCCN3C)nc3c(F)c(-c4c(C)ccc5cnn(C)c45)c(Cl)cc23)C[C@H]1C. The van der Waals surface area contributed by atoms with E-state index in [0.29, 0.717) is 43.1 Å². The number of fused-ring (bicyclic) bond motifs is 2. The lowest BCUT2D eigenvalue weighted by Crippen LogP contribution is -2.58. The normalized spacial score (nSPS) is 21.3. The van der Waals surface area contributed by atoms with Gasteiger partial charge in [0.15, 0.2) is 5.82 Å². The number of aryl methyl sites for hydroxylation is 2. The van der Waals surface area contributed by atoms with E-state index in [1.165, 1.54) is 6.08 Å². The number of aromatic nitrogens is 4. The summed E-state index contributed by atoms with van der Waals surface area (Å²) in [5.41, 5.74) is 2.67. The molecule has 0 spiro atoms. The van der Waals surface area contributed by atoms with Crippen molar-refractivity contribution in [2.45, 2.75) is 38.9 Å². The van der Waals surface area contributed by atoms with Crippen molar-refractivity contribution >= 4 is 45.1 Å². The molecule has 0 unspecified atom stereocenters. The van der Waals surface area contributed by atoms with Crippen molar-refractivity contribution in [1.82, 2.24) is 29.5 Å². The van der Waals surface area contributed by atoms with E-state index in [2.05, 4.69) is 26.5 Å². The summed E-state index contributed by atoms with van der Waals surface area (Å²) in [6, 6.07) is 5.45. The summed E-state index contributed by atoms with van der Waals surface area (Å²) in [4.78, 5) is 28.0. The minimum atomic E-state index is -0.558. The number of rotatable bonds is 6. The van der Waals surface area contributed by atoms with Gasteiger partial charge in [-0.15, -0.1) is 0 Å². The summed E-state index contributed by atoms with van der Waals surface area (Å²) in [6.07, 6.45) is 3.08. The second kappa shape index (κ2) is 11.9. The molecule has 1 amide bonds. The maximum absolute atomic E-state index is 17.0. The summed E-state index contributed by atoms with van der Waals surface area (Å²) in [5, 5.41) is 5.99. The minimum Gasteiger partial charge on any atom is -0.462 e. The minimum absolute atomic E-state index is 0.00891. The van der Waals surface area contributed by atoms with Crippen LogP contribution in [-0.2, 0) is 16.6 Å². The van der Waals surface area contributed by atoms with E-state index >= 15 is 4.39 Å². The Kier molecular flexibility index (Phi) is 8.21. The van der Waals surface area contributed by atoms with E-state index < -0.39 is 5.82 Å². The number of nitrogens with zero attached hydrogens (tertiary/aromatic N) is 7. The third-order valence-electron chi connectivity index (χ3n) is 8.85. The van der Waals surface area contributed by atoms with Crippen LogP contribution >= 0.6 is 11.6 Å². The van der Waals surface area contributed by atoms with Gasteiger partial charge < -0.3 is 19.3 Å². The highest BCUT2D eigenvalue weighted by molar-refractivity contribution is 6.35. The highest BCUT2D eigenvalue weighted by Crippen LogP contribution is 2.43. The third kappa shape index (κ3) is 5.27. The van der Waals surface area contributed by atoms with Gasteiger partial charge in [-0.25, -0.2) is 4.39 Å². The Balaban J connectivity index is 1.51. The van der Waals surface area contributed by atoms with E-state index in [9.17, 15) is 4.79 Å². The molecule has 0 N–H and O–H groups in total. The summed E-state index contributed by atoms with van der Waals surface area (Å²) >= 11 is 6.95. The zero-order valence-electron chi connectivity index (χ0n) is 25.7. The van der Waals surface area contributed by atoms with Crippen LogP contribution in [0.5, 0.6) is 6.01 Å². The molecule has 2 aliphatic heterocycles. The first-order chi connectivity index (χ1) is 21.1. The van der Waals surface area contributed by atoms with Crippen molar-refractivity contribution in [1.29, 1.82) is 0 Å². The van der Waals surface area contributed by atoms with E-state index in [4.69, 9.17) is 26.1 Å². The van der Waals surface area contributed by atoms with Crippen molar-refractivity contribution in [2.24, 2.45) is 7.05 Å². The van der Waals surface area contributed by atoms with Crippen LogP contribution in [0.1, 0.15) is 19.4 Å². The molecule has 4 aromatic rings. The van der Waals surface area contributed by atoms with Crippen LogP contribution < -0.4 is 9.64 Å². The van der Waals surface area contributed by atoms with E-state index in [-0.39, 0.29) is 52.8 Å². The molecular formula is C32H37ClFN7O3. The molecular weight excluding hydrogens is 585 g/mol. The molecule has 2 aromatic carbocycles. The molecule has 2 aromatic heterocycles. The smallest absolute Gasteiger partial charge is 0.319 e. The van der Waals surface area contributed by atoms with Crippen LogP contribution in [0.4, 0.5) is 10.2 Å². The maximum Gasteiger partial charge on any atom is 0.319 e. The summed E-state index contributed by atoms with van der Waals surface area (Å²) in [6.45, 7) is 12.7. The first-order valence-electron chi connectivity index (χ1n) is 14.8. The van der Waals surface area contributed by atoms with Crippen molar-refractivity contribution in [3.05, 3.63) is 53.5 Å². The van der Waals surface area contributed by atoms with Gasteiger partial charge in [-0.05, 0) is 45.5 Å². The molecule has 2 saturated heterocycles. The van der Waals surface area contributed by atoms with Crippen molar-refractivity contribution in [2.75, 3.05) is 51.4 Å². The molecule has 2 fully saturated rings. The Morgan fingerprint density at radius 1 is 1.20 bits per heavy atom. The number of morpholine rings is 1. The van der Waals surface area contributed by atoms with Gasteiger partial charge in [0.05, 0.1) is 36.0 Å². The van der Waals surface area contributed by atoms with Gasteiger partial charge >= 0.3 is 6.01 Å². The third-order valence-corrected chi connectivity index (χ3v) is 9.14. The predicted octanol–water partition coefficient (Wildman–Crippen LogP) is 4.61. The Labute approximate surface area is 261 Å². The number of ether oxygens (including phenoxy) is 2. The Morgan fingerprint density at radius 2 is 2.00 bits per heavy atom. The fourth-order valence-electron chi connectivity index (χ4n) is 6.29. The average molecular weight is 622 g/mol. The Bertz CT molecular complexity index is 1760. The molecule has 3 atom stereocenters. The topological polar surface area (TPSA) is 88.8 Å². The van der Waals surface area contributed by atoms with Gasteiger partial charge in [0.2, 0.25) is 5.91 Å². The number of likely N-dealkylation sites (N-methyl/N-ethyl adjacent to an activating group) is 1. The standard InChI is InChI=1S/C32H37ClFN7O3/c1-7-25(42)40-14-20(4)41(15-19(40)3)31-23-12-24(33)27(26-18(2)8-9-21-13-35-39(6)30(21)26)28(34)29(23)36-32(37-31)44-17-22-16-43-11-10-38(22)5/h7-9,12-13,19-20,22H,1,10-11,14-17H2,2-6H3/t19-,20+,22-/m1/s1. The maximum atomic E-state index is 17.0. The van der Waals surface area contributed by atoms with Gasteiger partial charge in [-0.1, -0.05) is 30.3 Å². The van der Waals surface area contributed by atoms with E-state index in [0.717, 1.165) is 23.0 Å². The van der Waals surface area contributed by atoms with Crippen LogP contribution in [-0.4, -0.2) is 100 Å². The van der Waals surface area contributed by atoms with Crippen LogP contribution in [0.25, 0.3) is 32.9 Å². The van der Waals surface area contributed by atoms with Gasteiger partial charge in [-0.3, -0.25) is 14.4 Å². The highest BCUT2D eigenvalue weighted by atomic mass is 35.5. The molecule has 0 saturated carbocycles. The van der Waals surface area contributed by atoms with E-state index in [1.807, 2.05) is 47.0 Å². The van der Waals surface area contributed by atoms with E-state index in [1.54, 1.807) is 21.8 Å². The van der Waals surface area contributed by atoms with Gasteiger partial charge in [0, 0.05) is 60.7 Å². The van der Waals surface area contributed by atoms with Crippen molar-refractivity contribution in [3.8, 4) is 17.1 Å². The van der Waals surface area contributed by atoms with Gasteiger partial charge in [0.25, 0.3) is 0 Å². The van der Waals surface area contributed by atoms with Crippen LogP contribution in [0.3, 0.4) is 0 Å². The molecule has 44 heavy (non-hydrogen) atoms. The van der Waals surface area contributed by atoms with Gasteiger partial charge in [0.1, 0.15) is 17.9 Å². The zero-order chi connectivity index (χ0) is 31.3. The molecule has 2 aliphatic rings. The number of anilines is 1. The fourth-order valence-corrected chi connectivity index (χ4v) is 6.57. The summed E-state index contributed by atoms with van der Waals surface area (Å²) < 4.78 is 30.5. The number of piperazine rings is 1. The average Bonchev–Trinajstić information content (AvgIpc) is 3.38. The number of amides is 1. The monoisotopic (exact) mass is 621 g/mol. The number of hydrogen-bond acceptors (Lipinski definition) is 8. The lowest BCUT2D eigenvalue weighted by molar-refractivity contribution is -0.128. The van der Waals surface area contributed by atoms with Crippen molar-refractivity contribution in [3.63, 3.8) is 0 Å². The molecule has 0 bridgehead atoms. The molecule has 0 aliphatic carbocycles. The quantitative estimate of drug-likeness (QED) is 0.289. The van der Waals surface area contributed by atoms with Crippen molar-refractivity contribution < 1.29 is 18.7 Å². The first-order valence-corrected chi connectivity index (χ1v) is 15.2. The Hall–Kier alpha value is -3.80. The molecule has 6 rings (SSSR count). The molecule has 0 radical (unpaired) electrons. The largest absolute Gasteiger partial charge is 0.462 e. The fraction of sp³-hybridized carbons (Fsp3) is 0.438. The summed E-state index contributed by atoms with van der Waals surface area (Å²) in [5.74, 6) is -0.180. The second-order valence-electron chi connectivity index (χ2n) is 11.8. The molecule has 4 heterocycles. The van der Waals surface area contributed by atoms with Crippen LogP contribution in [0, 0.1) is 12.7 Å². The first kappa shape index (κ1) is 30.2. The number of halogens is 2. The highest BCUT2D eigenvalue weighted by Gasteiger charge is 2.34. The number of carbonyl (C=O) groups excluding carboxylic acids is 1. The number of benzene rings is 2. The van der Waals surface area contributed by atoms with Crippen LogP contribution in [0.2, 0.25) is 5.02 Å². The molecule has 10 nitrogen and oxygen atoms in total. The van der Waals surface area contributed by atoms with Gasteiger partial charge in [-0.2, -0.15) is 15.1 Å². The number of hydrogen-bond donors (Lipinski definition) is 0. The lowest BCUT2D eigenvalue weighted by Gasteiger charge is -2.44. The van der Waals surface area contributed by atoms with Crippen LogP contribution in [0.15, 0.2) is 37.1 Å². The predicted molar refractivity (Wildman–Crippen MR) is 170 cm³/mol. The number of carbonyl (C=O) groups is 1. The Morgan fingerprint density at radius 3 is 2.75 bits per heavy atom. The molecule has 12 heteroatoms. The zero-order valence-corrected chi connectivity index (χ0v) is 26.4.